The minimum absolute atomic E-state index is 0.0468. The van der Waals surface area contributed by atoms with Crippen LogP contribution in [0.4, 0.5) is 0 Å². The number of allylic oxidation sites excluding steroid dienone is 3. The van der Waals surface area contributed by atoms with Crippen LogP contribution in [0.25, 0.3) is 0 Å². The molecule has 0 amide bonds. The van der Waals surface area contributed by atoms with Gasteiger partial charge in [0.15, 0.2) is 5.78 Å². The molecule has 1 aliphatic rings. The fraction of sp³-hybridized carbons (Fsp3) is 0.417. The molecule has 17 heavy (non-hydrogen) atoms. The van der Waals surface area contributed by atoms with Crippen LogP contribution in [0.5, 0.6) is 0 Å². The first kappa shape index (κ1) is 13.2. The number of carboxylic acid groups (broad SMARTS) is 1. The number of hydrogen-bond acceptors (Lipinski definition) is 4. The van der Waals surface area contributed by atoms with Crippen molar-refractivity contribution >= 4 is 17.5 Å². The second-order valence-electron chi connectivity index (χ2n) is 4.32. The van der Waals surface area contributed by atoms with E-state index in [2.05, 4.69) is 5.32 Å². The van der Waals surface area contributed by atoms with Crippen LogP contribution in [0.1, 0.15) is 20.3 Å². The van der Waals surface area contributed by atoms with E-state index in [1.165, 1.54) is 0 Å². The summed E-state index contributed by atoms with van der Waals surface area (Å²) in [5.74, 6) is -1.55. The van der Waals surface area contributed by atoms with E-state index in [0.717, 1.165) is 18.2 Å². The fourth-order valence-corrected chi connectivity index (χ4v) is 1.50. The molecule has 0 spiro atoms. The molecule has 5 nitrogen and oxygen atoms in total. The Bertz CT molecular complexity index is 407. The van der Waals surface area contributed by atoms with Gasteiger partial charge in [-0.15, -0.1) is 0 Å². The highest BCUT2D eigenvalue weighted by molar-refractivity contribution is 6.17. The highest BCUT2D eigenvalue weighted by Crippen LogP contribution is 2.09. The maximum Gasteiger partial charge on any atom is 0.326 e. The first-order valence-electron chi connectivity index (χ1n) is 5.37. The monoisotopic (exact) mass is 237 g/mol. The lowest BCUT2D eigenvalue weighted by atomic mass is 10.0. The van der Waals surface area contributed by atoms with Gasteiger partial charge in [0, 0.05) is 6.08 Å². The number of hydrogen-bond donors (Lipinski definition) is 2. The lowest BCUT2D eigenvalue weighted by molar-refractivity contribution is -0.139. The van der Waals surface area contributed by atoms with Crippen LogP contribution < -0.4 is 5.32 Å². The van der Waals surface area contributed by atoms with Gasteiger partial charge in [0.25, 0.3) is 0 Å². The highest BCUT2D eigenvalue weighted by Gasteiger charge is 2.23. The van der Waals surface area contributed by atoms with E-state index < -0.39 is 12.0 Å². The van der Waals surface area contributed by atoms with Gasteiger partial charge in [-0.25, -0.2) is 4.79 Å². The maximum absolute atomic E-state index is 11.4. The summed E-state index contributed by atoms with van der Waals surface area (Å²) < 4.78 is 0. The Morgan fingerprint density at radius 3 is 2.53 bits per heavy atom. The van der Waals surface area contributed by atoms with Crippen LogP contribution >= 0.6 is 0 Å². The van der Waals surface area contributed by atoms with E-state index in [0.29, 0.717) is 6.42 Å². The highest BCUT2D eigenvalue weighted by atomic mass is 16.4. The molecule has 0 aromatic carbocycles. The molecule has 0 radical (unpaired) electrons. The molecule has 5 heteroatoms. The Hall–Kier alpha value is -1.91. The Balaban J connectivity index is 2.76. The van der Waals surface area contributed by atoms with Crippen molar-refractivity contribution in [1.82, 2.24) is 5.32 Å². The van der Waals surface area contributed by atoms with Crippen molar-refractivity contribution in [3.63, 3.8) is 0 Å². The van der Waals surface area contributed by atoms with Crippen molar-refractivity contribution < 1.29 is 19.5 Å². The zero-order chi connectivity index (χ0) is 13.0. The summed E-state index contributed by atoms with van der Waals surface area (Å²) in [7, 11) is 0. The van der Waals surface area contributed by atoms with Crippen molar-refractivity contribution in [3.05, 3.63) is 23.9 Å². The molecule has 0 saturated heterocycles. The topological polar surface area (TPSA) is 83.5 Å². The standard InChI is InChI=1S/C12H15NO4/c1-7(2)5-10(12(16)17)13-9-6-8(14)3-4-11(9)15/h3-4,6-7,10,13H,5H2,1-2H3,(H,16,17). The number of aliphatic carboxylic acids is 1. The zero-order valence-electron chi connectivity index (χ0n) is 9.77. The summed E-state index contributed by atoms with van der Waals surface area (Å²) >= 11 is 0. The first-order chi connectivity index (χ1) is 7.90. The van der Waals surface area contributed by atoms with Crippen molar-refractivity contribution in [2.75, 3.05) is 0 Å². The second-order valence-corrected chi connectivity index (χ2v) is 4.32. The van der Waals surface area contributed by atoms with E-state index >= 15 is 0 Å². The predicted octanol–water partition coefficient (Wildman–Crippen LogP) is 0.667. The first-order valence-corrected chi connectivity index (χ1v) is 5.37. The van der Waals surface area contributed by atoms with Crippen LogP contribution in [0.15, 0.2) is 23.9 Å². The summed E-state index contributed by atoms with van der Waals surface area (Å²) in [6.45, 7) is 3.78. The van der Waals surface area contributed by atoms with E-state index in [1.54, 1.807) is 0 Å². The van der Waals surface area contributed by atoms with Crippen LogP contribution in [-0.2, 0) is 14.4 Å². The Morgan fingerprint density at radius 2 is 2.00 bits per heavy atom. The number of nitrogens with one attached hydrogen (secondary N) is 1. The van der Waals surface area contributed by atoms with Crippen LogP contribution in [0, 0.1) is 5.92 Å². The van der Waals surface area contributed by atoms with Crippen molar-refractivity contribution in [1.29, 1.82) is 0 Å². The lowest BCUT2D eigenvalue weighted by Crippen LogP contribution is -2.39. The molecule has 1 aliphatic carbocycles. The number of carbonyl (C=O) groups excluding carboxylic acids is 2. The number of rotatable bonds is 5. The van der Waals surface area contributed by atoms with Crippen molar-refractivity contribution in [3.8, 4) is 0 Å². The quantitative estimate of drug-likeness (QED) is 0.686. The molecular weight excluding hydrogens is 222 g/mol. The molecule has 0 fully saturated rings. The molecule has 0 bridgehead atoms. The zero-order valence-corrected chi connectivity index (χ0v) is 9.77. The second kappa shape index (κ2) is 5.43. The van der Waals surface area contributed by atoms with Crippen molar-refractivity contribution in [2.45, 2.75) is 26.3 Å². The predicted molar refractivity (Wildman–Crippen MR) is 61.3 cm³/mol. The summed E-state index contributed by atoms with van der Waals surface area (Å²) in [5.41, 5.74) is 0.0468. The third-order valence-corrected chi connectivity index (χ3v) is 2.29. The molecule has 0 heterocycles. The van der Waals surface area contributed by atoms with Gasteiger partial charge in [-0.05, 0) is 24.5 Å². The van der Waals surface area contributed by atoms with Crippen LogP contribution in [0.3, 0.4) is 0 Å². The Kier molecular flexibility index (Phi) is 4.20. The van der Waals surface area contributed by atoms with Gasteiger partial charge < -0.3 is 10.4 Å². The van der Waals surface area contributed by atoms with Gasteiger partial charge in [0.1, 0.15) is 6.04 Å². The van der Waals surface area contributed by atoms with Gasteiger partial charge in [-0.3, -0.25) is 9.59 Å². The van der Waals surface area contributed by atoms with Gasteiger partial charge in [0.2, 0.25) is 5.78 Å². The number of carboxylic acids is 1. The molecule has 0 aliphatic heterocycles. The van der Waals surface area contributed by atoms with E-state index in [4.69, 9.17) is 5.11 Å². The average molecular weight is 237 g/mol. The van der Waals surface area contributed by atoms with Gasteiger partial charge >= 0.3 is 5.97 Å². The molecule has 0 aromatic heterocycles. The normalized spacial score (nSPS) is 17.0. The Morgan fingerprint density at radius 1 is 1.35 bits per heavy atom. The van der Waals surface area contributed by atoms with E-state index in [1.807, 2.05) is 13.8 Å². The number of ketones is 2. The average Bonchev–Trinajstić information content (AvgIpc) is 2.21. The summed E-state index contributed by atoms with van der Waals surface area (Å²) in [5, 5.41) is 11.6. The molecule has 0 saturated carbocycles. The molecule has 92 valence electrons. The largest absolute Gasteiger partial charge is 0.480 e. The molecule has 2 N–H and O–H groups in total. The van der Waals surface area contributed by atoms with E-state index in [-0.39, 0.29) is 23.2 Å². The maximum atomic E-state index is 11.4. The molecule has 0 aromatic rings. The van der Waals surface area contributed by atoms with Gasteiger partial charge in [-0.1, -0.05) is 13.8 Å². The smallest absolute Gasteiger partial charge is 0.326 e. The minimum atomic E-state index is -1.03. The summed E-state index contributed by atoms with van der Waals surface area (Å²) in [6, 6.07) is -0.857. The van der Waals surface area contributed by atoms with Gasteiger partial charge in [-0.2, -0.15) is 0 Å². The third-order valence-electron chi connectivity index (χ3n) is 2.29. The third kappa shape index (κ3) is 3.86. The van der Waals surface area contributed by atoms with Gasteiger partial charge in [0.05, 0.1) is 5.70 Å². The molecule has 1 unspecified atom stereocenters. The van der Waals surface area contributed by atoms with Crippen molar-refractivity contribution in [2.24, 2.45) is 5.92 Å². The van der Waals surface area contributed by atoms with Crippen LogP contribution in [0.2, 0.25) is 0 Å². The molecule has 1 rings (SSSR count). The molecular formula is C12H15NO4. The fourth-order valence-electron chi connectivity index (χ4n) is 1.50. The van der Waals surface area contributed by atoms with E-state index in [9.17, 15) is 14.4 Å². The Labute approximate surface area is 99.2 Å². The minimum Gasteiger partial charge on any atom is -0.480 e. The summed E-state index contributed by atoms with van der Waals surface area (Å²) in [4.78, 5) is 33.5. The lowest BCUT2D eigenvalue weighted by Gasteiger charge is -2.19. The molecule has 1 atom stereocenters. The SMILES string of the molecule is CC(C)CC(NC1=CC(=O)C=CC1=O)C(=O)O. The summed E-state index contributed by atoms with van der Waals surface area (Å²) in [6.07, 6.45) is 3.81. The van der Waals surface area contributed by atoms with Crippen LogP contribution in [-0.4, -0.2) is 28.7 Å². The number of carbonyl (C=O) groups is 3.